The molecular formula is C20H24N2O4. The molecule has 2 amide bonds. The molecule has 3 N–H and O–H groups in total. The number of carbonyl (C=O) groups excluding carboxylic acids is 1. The Morgan fingerprint density at radius 1 is 1.12 bits per heavy atom. The summed E-state index contributed by atoms with van der Waals surface area (Å²) in [7, 11) is 1.62. The smallest absolute Gasteiger partial charge is 0.319 e. The second-order valence-corrected chi connectivity index (χ2v) is 6.64. The van der Waals surface area contributed by atoms with E-state index in [4.69, 9.17) is 9.84 Å². The number of hydrogen-bond donors (Lipinski definition) is 3. The fourth-order valence-corrected chi connectivity index (χ4v) is 2.60. The number of amides is 2. The standard InChI is InChI=1S/C20H24N2O4/c1-20(2,12-11-18(23)24)22-19(25)21-15-8-6-7-14(13-15)16-9-4-5-10-17(16)26-3/h4-10,13H,11-12H2,1-3H3,(H,23,24)(H2,21,22,25). The summed E-state index contributed by atoms with van der Waals surface area (Å²) < 4.78 is 5.39. The van der Waals surface area contributed by atoms with Crippen molar-refractivity contribution in [3.05, 3.63) is 48.5 Å². The maximum Gasteiger partial charge on any atom is 0.319 e. The predicted molar refractivity (Wildman–Crippen MR) is 102 cm³/mol. The van der Waals surface area contributed by atoms with Crippen LogP contribution in [0.25, 0.3) is 11.1 Å². The van der Waals surface area contributed by atoms with Crippen molar-refractivity contribution in [1.82, 2.24) is 5.32 Å². The van der Waals surface area contributed by atoms with Crippen molar-refractivity contribution in [3.8, 4) is 16.9 Å². The van der Waals surface area contributed by atoms with Crippen molar-refractivity contribution in [2.75, 3.05) is 12.4 Å². The summed E-state index contributed by atoms with van der Waals surface area (Å²) in [6.07, 6.45) is 0.341. The summed E-state index contributed by atoms with van der Waals surface area (Å²) in [6.45, 7) is 3.58. The first-order valence-corrected chi connectivity index (χ1v) is 8.35. The van der Waals surface area contributed by atoms with E-state index in [2.05, 4.69) is 10.6 Å². The zero-order valence-electron chi connectivity index (χ0n) is 15.2. The van der Waals surface area contributed by atoms with Gasteiger partial charge in [0.15, 0.2) is 0 Å². The topological polar surface area (TPSA) is 87.7 Å². The van der Waals surface area contributed by atoms with Crippen LogP contribution in [-0.2, 0) is 4.79 Å². The lowest BCUT2D eigenvalue weighted by molar-refractivity contribution is -0.137. The number of rotatable bonds is 7. The highest BCUT2D eigenvalue weighted by atomic mass is 16.5. The van der Waals surface area contributed by atoms with Gasteiger partial charge in [0.05, 0.1) is 7.11 Å². The molecule has 6 nitrogen and oxygen atoms in total. The number of urea groups is 1. The summed E-state index contributed by atoms with van der Waals surface area (Å²) in [5.41, 5.74) is 1.87. The lowest BCUT2D eigenvalue weighted by Gasteiger charge is -2.25. The molecule has 0 saturated carbocycles. The molecule has 2 aromatic carbocycles. The van der Waals surface area contributed by atoms with Gasteiger partial charge in [-0.2, -0.15) is 0 Å². The first-order valence-electron chi connectivity index (χ1n) is 8.35. The van der Waals surface area contributed by atoms with Crippen LogP contribution < -0.4 is 15.4 Å². The van der Waals surface area contributed by atoms with Gasteiger partial charge < -0.3 is 20.5 Å². The first kappa shape index (κ1) is 19.3. The molecule has 138 valence electrons. The van der Waals surface area contributed by atoms with E-state index in [1.807, 2.05) is 42.5 Å². The Kier molecular flexibility index (Phi) is 6.22. The molecule has 26 heavy (non-hydrogen) atoms. The highest BCUT2D eigenvalue weighted by Gasteiger charge is 2.21. The molecule has 0 unspecified atom stereocenters. The maximum absolute atomic E-state index is 12.2. The van der Waals surface area contributed by atoms with Gasteiger partial charge in [-0.25, -0.2) is 4.79 Å². The molecule has 0 aliphatic heterocycles. The minimum Gasteiger partial charge on any atom is -0.496 e. The zero-order chi connectivity index (χ0) is 19.2. The number of hydrogen-bond acceptors (Lipinski definition) is 3. The number of carboxylic acids is 1. The molecule has 0 aromatic heterocycles. The Morgan fingerprint density at radius 3 is 2.54 bits per heavy atom. The van der Waals surface area contributed by atoms with E-state index in [-0.39, 0.29) is 12.5 Å². The summed E-state index contributed by atoms with van der Waals surface area (Å²) in [5, 5.41) is 14.4. The number of anilines is 1. The molecule has 0 radical (unpaired) electrons. The van der Waals surface area contributed by atoms with Crippen LogP contribution in [0.5, 0.6) is 5.75 Å². The lowest BCUT2D eigenvalue weighted by Crippen LogP contribution is -2.45. The second-order valence-electron chi connectivity index (χ2n) is 6.64. The highest BCUT2D eigenvalue weighted by Crippen LogP contribution is 2.31. The molecule has 6 heteroatoms. The van der Waals surface area contributed by atoms with Gasteiger partial charge in [0, 0.05) is 23.2 Å². The average Bonchev–Trinajstić information content (AvgIpc) is 2.59. The third-order valence-corrected chi connectivity index (χ3v) is 3.95. The van der Waals surface area contributed by atoms with E-state index in [0.29, 0.717) is 12.1 Å². The van der Waals surface area contributed by atoms with Gasteiger partial charge in [0.25, 0.3) is 0 Å². The number of nitrogens with one attached hydrogen (secondary N) is 2. The molecule has 0 aliphatic carbocycles. The van der Waals surface area contributed by atoms with E-state index in [1.54, 1.807) is 27.0 Å². The van der Waals surface area contributed by atoms with E-state index < -0.39 is 11.5 Å². The fourth-order valence-electron chi connectivity index (χ4n) is 2.60. The Labute approximate surface area is 153 Å². The fraction of sp³-hybridized carbons (Fsp3) is 0.300. The maximum atomic E-state index is 12.2. The predicted octanol–water partition coefficient (Wildman–Crippen LogP) is 4.13. The van der Waals surface area contributed by atoms with Crippen molar-refractivity contribution in [2.24, 2.45) is 0 Å². The van der Waals surface area contributed by atoms with E-state index in [9.17, 15) is 9.59 Å². The number of aliphatic carboxylic acids is 1. The second kappa shape index (κ2) is 8.38. The number of benzene rings is 2. The van der Waals surface area contributed by atoms with Crippen LogP contribution in [0.4, 0.5) is 10.5 Å². The van der Waals surface area contributed by atoms with E-state index in [1.165, 1.54) is 0 Å². The lowest BCUT2D eigenvalue weighted by atomic mass is 9.99. The molecule has 0 heterocycles. The Hall–Kier alpha value is -3.02. The van der Waals surface area contributed by atoms with E-state index in [0.717, 1.165) is 16.9 Å². The Bertz CT molecular complexity index is 787. The van der Waals surface area contributed by atoms with Gasteiger partial charge in [-0.15, -0.1) is 0 Å². The van der Waals surface area contributed by atoms with E-state index >= 15 is 0 Å². The number of para-hydroxylation sites is 1. The first-order chi connectivity index (χ1) is 12.3. The molecule has 0 bridgehead atoms. The van der Waals surface area contributed by atoms with Gasteiger partial charge in [-0.1, -0.05) is 30.3 Å². The molecule has 2 rings (SSSR count). The van der Waals surface area contributed by atoms with Crippen LogP contribution in [0.15, 0.2) is 48.5 Å². The SMILES string of the molecule is COc1ccccc1-c1cccc(NC(=O)NC(C)(C)CCC(=O)O)c1. The van der Waals surface area contributed by atoms with Crippen molar-refractivity contribution >= 4 is 17.7 Å². The van der Waals surface area contributed by atoms with Gasteiger partial charge in [0.2, 0.25) is 0 Å². The average molecular weight is 356 g/mol. The largest absolute Gasteiger partial charge is 0.496 e. The van der Waals surface area contributed by atoms with Crippen molar-refractivity contribution < 1.29 is 19.4 Å². The normalized spacial score (nSPS) is 10.9. The molecule has 0 atom stereocenters. The highest BCUT2D eigenvalue weighted by molar-refractivity contribution is 5.90. The van der Waals surface area contributed by atoms with Gasteiger partial charge in [0.1, 0.15) is 5.75 Å². The minimum atomic E-state index is -0.884. The molecule has 0 aliphatic rings. The third-order valence-electron chi connectivity index (χ3n) is 3.95. The number of methoxy groups -OCH3 is 1. The summed E-state index contributed by atoms with van der Waals surface area (Å²) in [4.78, 5) is 23.0. The number of carboxylic acid groups (broad SMARTS) is 1. The summed E-state index contributed by atoms with van der Waals surface area (Å²) >= 11 is 0. The van der Waals surface area contributed by atoms with Gasteiger partial charge >= 0.3 is 12.0 Å². The van der Waals surface area contributed by atoms with Crippen LogP contribution in [0, 0.1) is 0 Å². The van der Waals surface area contributed by atoms with Crippen molar-refractivity contribution in [1.29, 1.82) is 0 Å². The van der Waals surface area contributed by atoms with Gasteiger partial charge in [-0.05, 0) is 44.0 Å². The van der Waals surface area contributed by atoms with Crippen LogP contribution in [0.1, 0.15) is 26.7 Å². The van der Waals surface area contributed by atoms with Crippen LogP contribution in [-0.4, -0.2) is 29.8 Å². The zero-order valence-corrected chi connectivity index (χ0v) is 15.2. The number of carbonyl (C=O) groups is 2. The third kappa shape index (κ3) is 5.51. The Balaban J connectivity index is 2.08. The van der Waals surface area contributed by atoms with Gasteiger partial charge in [-0.3, -0.25) is 4.79 Å². The van der Waals surface area contributed by atoms with Crippen LogP contribution in [0.2, 0.25) is 0 Å². The van der Waals surface area contributed by atoms with Crippen molar-refractivity contribution in [2.45, 2.75) is 32.2 Å². The Morgan fingerprint density at radius 2 is 1.85 bits per heavy atom. The van der Waals surface area contributed by atoms with Crippen molar-refractivity contribution in [3.63, 3.8) is 0 Å². The molecule has 0 fully saturated rings. The molecule has 0 spiro atoms. The number of ether oxygens (including phenoxy) is 1. The van der Waals surface area contributed by atoms with Crippen LogP contribution in [0.3, 0.4) is 0 Å². The molecular weight excluding hydrogens is 332 g/mol. The molecule has 2 aromatic rings. The summed E-state index contributed by atoms with van der Waals surface area (Å²) in [5.74, 6) is -0.131. The van der Waals surface area contributed by atoms with Crippen LogP contribution >= 0.6 is 0 Å². The monoisotopic (exact) mass is 356 g/mol. The summed E-state index contributed by atoms with van der Waals surface area (Å²) in [6, 6.07) is 14.7. The minimum absolute atomic E-state index is 0.00341. The quantitative estimate of drug-likeness (QED) is 0.696. The molecule has 0 saturated heterocycles.